The number of carboxylic acids is 1. The van der Waals surface area contributed by atoms with Crippen molar-refractivity contribution in [1.29, 1.82) is 0 Å². The van der Waals surface area contributed by atoms with Gasteiger partial charge in [-0.3, -0.25) is 9.59 Å². The van der Waals surface area contributed by atoms with Crippen molar-refractivity contribution in [2.75, 3.05) is 13.2 Å². The second-order valence-electron chi connectivity index (χ2n) is 4.51. The number of nitrogens with one attached hydrogen (secondary N) is 1. The number of amides is 1. The van der Waals surface area contributed by atoms with E-state index in [2.05, 4.69) is 5.32 Å². The summed E-state index contributed by atoms with van der Waals surface area (Å²) in [5.74, 6) is -0.745. The Labute approximate surface area is 118 Å². The Morgan fingerprint density at radius 1 is 1.30 bits per heavy atom. The van der Waals surface area contributed by atoms with Gasteiger partial charge >= 0.3 is 5.97 Å². The zero-order valence-electron chi connectivity index (χ0n) is 11.7. The fourth-order valence-corrected chi connectivity index (χ4v) is 1.67. The number of hydrogen-bond donors (Lipinski definition) is 2. The molecular weight excluding hydrogens is 258 g/mol. The Kier molecular flexibility index (Phi) is 7.17. The topological polar surface area (TPSA) is 75.6 Å². The maximum Gasteiger partial charge on any atom is 0.308 e. The Morgan fingerprint density at radius 3 is 2.60 bits per heavy atom. The second kappa shape index (κ2) is 8.96. The summed E-state index contributed by atoms with van der Waals surface area (Å²) in [5.41, 5.74) is 0. The molecule has 0 aliphatic carbocycles. The van der Waals surface area contributed by atoms with Gasteiger partial charge in [0.25, 0.3) is 0 Å². The van der Waals surface area contributed by atoms with E-state index in [1.54, 1.807) is 6.92 Å². The van der Waals surface area contributed by atoms with E-state index in [0.717, 1.165) is 5.75 Å². The first kappa shape index (κ1) is 16.0. The monoisotopic (exact) mass is 279 g/mol. The number of para-hydroxylation sites is 1. The molecule has 0 spiro atoms. The molecule has 1 amide bonds. The van der Waals surface area contributed by atoms with Crippen molar-refractivity contribution in [3.05, 3.63) is 30.3 Å². The standard InChI is InChI=1S/C15H21NO4/c1-2-12(15(18)19)11-16-14(17)9-6-10-20-13-7-4-3-5-8-13/h3-5,7-8,12H,2,6,9-11H2,1H3,(H,16,17)(H,18,19). The molecule has 0 aromatic heterocycles. The van der Waals surface area contributed by atoms with E-state index in [0.29, 0.717) is 25.9 Å². The third kappa shape index (κ3) is 6.22. The third-order valence-electron chi connectivity index (χ3n) is 2.95. The lowest BCUT2D eigenvalue weighted by atomic mass is 10.1. The summed E-state index contributed by atoms with van der Waals surface area (Å²) in [6.07, 6.45) is 1.44. The molecular formula is C15H21NO4. The fourth-order valence-electron chi connectivity index (χ4n) is 1.67. The Bertz CT molecular complexity index is 419. The number of ether oxygens (including phenoxy) is 1. The largest absolute Gasteiger partial charge is 0.494 e. The van der Waals surface area contributed by atoms with Crippen LogP contribution in [0.25, 0.3) is 0 Å². The first-order valence-electron chi connectivity index (χ1n) is 6.80. The minimum atomic E-state index is -0.875. The SMILES string of the molecule is CCC(CNC(=O)CCCOc1ccccc1)C(=O)O. The molecule has 1 aromatic carbocycles. The molecule has 0 fully saturated rings. The average Bonchev–Trinajstić information content (AvgIpc) is 2.45. The maximum atomic E-state index is 11.5. The quantitative estimate of drug-likeness (QED) is 0.679. The highest BCUT2D eigenvalue weighted by Gasteiger charge is 2.15. The van der Waals surface area contributed by atoms with Crippen LogP contribution in [0.5, 0.6) is 5.75 Å². The van der Waals surface area contributed by atoms with E-state index in [1.165, 1.54) is 0 Å². The Balaban J connectivity index is 2.13. The van der Waals surface area contributed by atoms with Crippen LogP contribution in [0.3, 0.4) is 0 Å². The van der Waals surface area contributed by atoms with Gasteiger partial charge in [-0.25, -0.2) is 0 Å². The summed E-state index contributed by atoms with van der Waals surface area (Å²) in [6, 6.07) is 9.40. The number of aliphatic carboxylic acids is 1. The molecule has 0 bridgehead atoms. The molecule has 0 heterocycles. The highest BCUT2D eigenvalue weighted by atomic mass is 16.5. The molecule has 1 rings (SSSR count). The number of carboxylic acid groups (broad SMARTS) is 1. The van der Waals surface area contributed by atoms with Crippen molar-refractivity contribution in [2.45, 2.75) is 26.2 Å². The van der Waals surface area contributed by atoms with Gasteiger partial charge in [0.1, 0.15) is 5.75 Å². The van der Waals surface area contributed by atoms with Crippen molar-refractivity contribution in [3.8, 4) is 5.75 Å². The third-order valence-corrected chi connectivity index (χ3v) is 2.95. The molecule has 1 aromatic rings. The lowest BCUT2D eigenvalue weighted by molar-refractivity contribution is -0.141. The van der Waals surface area contributed by atoms with Gasteiger partial charge in [0.15, 0.2) is 0 Å². The zero-order chi connectivity index (χ0) is 14.8. The van der Waals surface area contributed by atoms with Crippen LogP contribution in [0.1, 0.15) is 26.2 Å². The van der Waals surface area contributed by atoms with Crippen molar-refractivity contribution in [2.24, 2.45) is 5.92 Å². The lowest BCUT2D eigenvalue weighted by Crippen LogP contribution is -2.32. The molecule has 0 saturated carbocycles. The maximum absolute atomic E-state index is 11.5. The van der Waals surface area contributed by atoms with E-state index in [4.69, 9.17) is 9.84 Å². The van der Waals surface area contributed by atoms with Crippen LogP contribution < -0.4 is 10.1 Å². The molecule has 1 atom stereocenters. The lowest BCUT2D eigenvalue weighted by Gasteiger charge is -2.11. The average molecular weight is 279 g/mol. The van der Waals surface area contributed by atoms with Gasteiger partial charge in [-0.15, -0.1) is 0 Å². The van der Waals surface area contributed by atoms with Crippen molar-refractivity contribution >= 4 is 11.9 Å². The van der Waals surface area contributed by atoms with Crippen LogP contribution in [0, 0.1) is 5.92 Å². The summed E-state index contributed by atoms with van der Waals surface area (Å²) < 4.78 is 5.47. The van der Waals surface area contributed by atoms with Gasteiger partial charge in [-0.1, -0.05) is 25.1 Å². The number of hydrogen-bond acceptors (Lipinski definition) is 3. The van der Waals surface area contributed by atoms with Gasteiger partial charge in [0.2, 0.25) is 5.91 Å². The first-order valence-corrected chi connectivity index (χ1v) is 6.80. The highest BCUT2D eigenvalue weighted by molar-refractivity contribution is 5.77. The van der Waals surface area contributed by atoms with E-state index in [9.17, 15) is 9.59 Å². The zero-order valence-corrected chi connectivity index (χ0v) is 11.7. The Morgan fingerprint density at radius 2 is 2.00 bits per heavy atom. The summed E-state index contributed by atoms with van der Waals surface area (Å²) in [7, 11) is 0. The van der Waals surface area contributed by atoms with Crippen molar-refractivity contribution < 1.29 is 19.4 Å². The number of carbonyl (C=O) groups is 2. The van der Waals surface area contributed by atoms with Crippen molar-refractivity contribution in [3.63, 3.8) is 0 Å². The predicted octanol–water partition coefficient (Wildman–Crippen LogP) is 2.07. The molecule has 1 unspecified atom stereocenters. The summed E-state index contributed by atoms with van der Waals surface area (Å²) >= 11 is 0. The number of benzene rings is 1. The molecule has 0 saturated heterocycles. The molecule has 5 heteroatoms. The highest BCUT2D eigenvalue weighted by Crippen LogP contribution is 2.08. The van der Waals surface area contributed by atoms with Crippen LogP contribution in [0.4, 0.5) is 0 Å². The van der Waals surface area contributed by atoms with Gasteiger partial charge in [0, 0.05) is 13.0 Å². The normalized spacial score (nSPS) is 11.7. The molecule has 0 radical (unpaired) electrons. The van der Waals surface area contributed by atoms with E-state index in [1.807, 2.05) is 30.3 Å². The van der Waals surface area contributed by atoms with Crippen LogP contribution in [-0.2, 0) is 9.59 Å². The second-order valence-corrected chi connectivity index (χ2v) is 4.51. The molecule has 0 aliphatic heterocycles. The first-order chi connectivity index (χ1) is 9.63. The van der Waals surface area contributed by atoms with E-state index in [-0.39, 0.29) is 12.5 Å². The van der Waals surface area contributed by atoms with Crippen molar-refractivity contribution in [1.82, 2.24) is 5.32 Å². The molecule has 110 valence electrons. The smallest absolute Gasteiger partial charge is 0.308 e. The summed E-state index contributed by atoms with van der Waals surface area (Å²) in [4.78, 5) is 22.3. The number of rotatable bonds is 9. The molecule has 2 N–H and O–H groups in total. The molecule has 0 aliphatic rings. The molecule has 5 nitrogen and oxygen atoms in total. The van der Waals surface area contributed by atoms with Crippen LogP contribution in [0.15, 0.2) is 30.3 Å². The summed E-state index contributed by atoms with van der Waals surface area (Å²) in [5, 5.41) is 11.5. The van der Waals surface area contributed by atoms with Gasteiger partial charge in [-0.05, 0) is 25.0 Å². The van der Waals surface area contributed by atoms with Gasteiger partial charge in [0.05, 0.1) is 12.5 Å². The number of carbonyl (C=O) groups excluding carboxylic acids is 1. The fraction of sp³-hybridized carbons (Fsp3) is 0.467. The van der Waals surface area contributed by atoms with Gasteiger partial charge < -0.3 is 15.2 Å². The van der Waals surface area contributed by atoms with Crippen LogP contribution >= 0.6 is 0 Å². The van der Waals surface area contributed by atoms with Gasteiger partial charge in [-0.2, -0.15) is 0 Å². The van der Waals surface area contributed by atoms with E-state index >= 15 is 0 Å². The Hall–Kier alpha value is -2.04. The van der Waals surface area contributed by atoms with Crippen LogP contribution in [-0.4, -0.2) is 30.1 Å². The van der Waals surface area contributed by atoms with Crippen LogP contribution in [0.2, 0.25) is 0 Å². The minimum absolute atomic E-state index is 0.138. The molecule has 20 heavy (non-hydrogen) atoms. The van der Waals surface area contributed by atoms with E-state index < -0.39 is 11.9 Å². The minimum Gasteiger partial charge on any atom is -0.494 e. The predicted molar refractivity (Wildman–Crippen MR) is 75.6 cm³/mol. The summed E-state index contributed by atoms with van der Waals surface area (Å²) in [6.45, 7) is 2.44.